The van der Waals surface area contributed by atoms with Crippen LogP contribution in [0.4, 0.5) is 5.69 Å². The number of nitrogens with zero attached hydrogens (tertiary/aromatic N) is 1. The molecule has 2 aromatic carbocycles. The van der Waals surface area contributed by atoms with Crippen molar-refractivity contribution in [1.82, 2.24) is 4.31 Å². The van der Waals surface area contributed by atoms with Gasteiger partial charge >= 0.3 is 10.1 Å². The molecule has 1 heterocycles. The van der Waals surface area contributed by atoms with E-state index in [1.165, 1.54) is 59.8 Å². The number of morpholine rings is 1. The van der Waals surface area contributed by atoms with Crippen molar-refractivity contribution in [1.29, 1.82) is 0 Å². The van der Waals surface area contributed by atoms with Crippen molar-refractivity contribution < 1.29 is 30.6 Å². The molecule has 0 unspecified atom stereocenters. The Hall–Kier alpha value is -2.47. The predicted octanol–water partition coefficient (Wildman–Crippen LogP) is 1.43. The van der Waals surface area contributed by atoms with Crippen LogP contribution < -0.4 is 9.50 Å². The molecule has 0 bridgehead atoms. The van der Waals surface area contributed by atoms with Crippen LogP contribution in [0.25, 0.3) is 0 Å². The maximum atomic E-state index is 12.6. The number of carbonyl (C=O) groups excluding carboxylic acids is 1. The molecule has 0 spiro atoms. The summed E-state index contributed by atoms with van der Waals surface area (Å²) in [6.07, 6.45) is 0. The van der Waals surface area contributed by atoms with Gasteiger partial charge in [-0.1, -0.05) is 0 Å². The number of ether oxygens (including phenoxy) is 1. The second-order valence-electron chi connectivity index (χ2n) is 6.23. The van der Waals surface area contributed by atoms with Crippen molar-refractivity contribution in [2.24, 2.45) is 0 Å². The van der Waals surface area contributed by atoms with Gasteiger partial charge in [0.05, 0.1) is 18.1 Å². The fraction of sp³-hybridized carbons (Fsp3) is 0.278. The Balaban J connectivity index is 1.75. The van der Waals surface area contributed by atoms with Crippen LogP contribution in [0.3, 0.4) is 0 Å². The number of benzene rings is 2. The first kappa shape index (κ1) is 21.2. The smallest absolute Gasteiger partial charge is 0.339 e. The monoisotopic (exact) mass is 440 g/mol. The molecule has 156 valence electrons. The lowest BCUT2D eigenvalue weighted by atomic mass is 10.3. The highest BCUT2D eigenvalue weighted by Gasteiger charge is 2.27. The summed E-state index contributed by atoms with van der Waals surface area (Å²) in [5, 5.41) is 2.56. The van der Waals surface area contributed by atoms with Crippen LogP contribution in [0.2, 0.25) is 0 Å². The van der Waals surface area contributed by atoms with E-state index in [1.54, 1.807) is 0 Å². The molecular weight excluding hydrogens is 420 g/mol. The van der Waals surface area contributed by atoms with E-state index in [1.807, 2.05) is 0 Å². The highest BCUT2D eigenvalue weighted by molar-refractivity contribution is 7.89. The van der Waals surface area contributed by atoms with Gasteiger partial charge in [0.25, 0.3) is 0 Å². The van der Waals surface area contributed by atoms with Gasteiger partial charge in [-0.25, -0.2) is 8.42 Å². The van der Waals surface area contributed by atoms with Gasteiger partial charge in [0, 0.05) is 25.7 Å². The van der Waals surface area contributed by atoms with E-state index in [9.17, 15) is 21.6 Å². The largest absolute Gasteiger partial charge is 0.379 e. The average Bonchev–Trinajstić information content (AvgIpc) is 2.70. The third-order valence-electron chi connectivity index (χ3n) is 4.10. The maximum absolute atomic E-state index is 12.6. The molecule has 29 heavy (non-hydrogen) atoms. The summed E-state index contributed by atoms with van der Waals surface area (Å²) in [7, 11) is -7.87. The fourth-order valence-corrected chi connectivity index (χ4v) is 5.02. The van der Waals surface area contributed by atoms with Gasteiger partial charge in [0.1, 0.15) is 10.6 Å². The summed E-state index contributed by atoms with van der Waals surface area (Å²) in [5.41, 5.74) is 0.500. The number of hydrogen-bond donors (Lipinski definition) is 1. The number of anilines is 1. The van der Waals surface area contributed by atoms with Crippen molar-refractivity contribution in [3.8, 4) is 5.75 Å². The zero-order valence-corrected chi connectivity index (χ0v) is 17.2. The molecule has 2 aromatic rings. The number of nitrogens with one attached hydrogen (secondary N) is 1. The highest BCUT2D eigenvalue weighted by Crippen LogP contribution is 2.23. The molecule has 1 N–H and O–H groups in total. The van der Waals surface area contributed by atoms with Crippen LogP contribution in [-0.4, -0.2) is 53.4 Å². The molecular formula is C18H20N2O7S2. The van der Waals surface area contributed by atoms with E-state index >= 15 is 0 Å². The molecule has 1 amide bonds. The fourth-order valence-electron chi connectivity index (χ4n) is 2.69. The first-order valence-electron chi connectivity index (χ1n) is 8.68. The molecule has 9 nitrogen and oxygen atoms in total. The number of rotatable bonds is 6. The van der Waals surface area contributed by atoms with Crippen molar-refractivity contribution in [2.75, 3.05) is 31.6 Å². The lowest BCUT2D eigenvalue weighted by Crippen LogP contribution is -2.40. The van der Waals surface area contributed by atoms with Gasteiger partial charge in [0.15, 0.2) is 0 Å². The Bertz CT molecular complexity index is 1070. The Labute approximate surface area is 169 Å². The first-order valence-corrected chi connectivity index (χ1v) is 11.5. The number of hydrogen-bond acceptors (Lipinski definition) is 7. The molecule has 1 fully saturated rings. The molecule has 1 saturated heterocycles. The molecule has 0 saturated carbocycles. The van der Waals surface area contributed by atoms with E-state index in [-0.39, 0.29) is 34.5 Å². The lowest BCUT2D eigenvalue weighted by molar-refractivity contribution is -0.114. The van der Waals surface area contributed by atoms with E-state index in [2.05, 4.69) is 5.32 Å². The van der Waals surface area contributed by atoms with Gasteiger partial charge in [-0.2, -0.15) is 12.7 Å². The Morgan fingerprint density at radius 1 is 0.931 bits per heavy atom. The summed E-state index contributed by atoms with van der Waals surface area (Å²) in [5.74, 6) is -0.192. The summed E-state index contributed by atoms with van der Waals surface area (Å²) in [6.45, 7) is 2.50. The van der Waals surface area contributed by atoms with Gasteiger partial charge < -0.3 is 14.2 Å². The summed E-state index contributed by atoms with van der Waals surface area (Å²) in [4.78, 5) is 10.8. The molecule has 0 atom stereocenters. The molecule has 0 aromatic heterocycles. The van der Waals surface area contributed by atoms with Crippen LogP contribution >= 0.6 is 0 Å². The Morgan fingerprint density at radius 2 is 1.48 bits per heavy atom. The molecule has 0 aliphatic carbocycles. The molecule has 1 aliphatic heterocycles. The SMILES string of the molecule is CC(=O)Nc1ccc(OS(=O)(=O)c2ccc(S(=O)(=O)N3CCOCC3)cc2)cc1. The molecule has 0 radical (unpaired) electrons. The van der Waals surface area contributed by atoms with Crippen molar-refractivity contribution in [3.05, 3.63) is 48.5 Å². The van der Waals surface area contributed by atoms with Crippen LogP contribution in [0.15, 0.2) is 58.3 Å². The van der Waals surface area contributed by atoms with E-state index in [0.717, 1.165) is 0 Å². The Morgan fingerprint density at radius 3 is 2.03 bits per heavy atom. The first-order chi connectivity index (χ1) is 13.7. The Kier molecular flexibility index (Phi) is 6.22. The van der Waals surface area contributed by atoms with Crippen LogP contribution in [0, 0.1) is 0 Å². The van der Waals surface area contributed by atoms with Gasteiger partial charge in [0.2, 0.25) is 15.9 Å². The number of carbonyl (C=O) groups is 1. The summed E-state index contributed by atoms with van der Waals surface area (Å²) >= 11 is 0. The van der Waals surface area contributed by atoms with Crippen molar-refractivity contribution in [2.45, 2.75) is 16.7 Å². The van der Waals surface area contributed by atoms with E-state index in [0.29, 0.717) is 18.9 Å². The number of sulfonamides is 1. The maximum Gasteiger partial charge on any atom is 0.339 e. The van der Waals surface area contributed by atoms with Crippen molar-refractivity contribution >= 4 is 31.7 Å². The highest BCUT2D eigenvalue weighted by atomic mass is 32.2. The summed E-state index contributed by atoms with van der Waals surface area (Å²) < 4.78 is 61.7. The quantitative estimate of drug-likeness (QED) is 0.675. The third kappa shape index (κ3) is 5.12. The topological polar surface area (TPSA) is 119 Å². The number of amides is 1. The molecule has 3 rings (SSSR count). The van der Waals surface area contributed by atoms with Crippen molar-refractivity contribution in [3.63, 3.8) is 0 Å². The van der Waals surface area contributed by atoms with Gasteiger partial charge in [-0.05, 0) is 48.5 Å². The lowest BCUT2D eigenvalue weighted by Gasteiger charge is -2.26. The minimum absolute atomic E-state index is 0.00184. The van der Waals surface area contributed by atoms with E-state index < -0.39 is 20.1 Å². The van der Waals surface area contributed by atoms with Crippen LogP contribution in [0.5, 0.6) is 5.75 Å². The van der Waals surface area contributed by atoms with Crippen LogP contribution in [-0.2, 0) is 29.7 Å². The minimum atomic E-state index is -4.15. The van der Waals surface area contributed by atoms with Crippen LogP contribution in [0.1, 0.15) is 6.92 Å². The minimum Gasteiger partial charge on any atom is -0.379 e. The standard InChI is InChI=1S/C18H20N2O7S2/c1-14(21)19-15-2-4-16(5-3-15)27-29(24,25)18-8-6-17(7-9-18)28(22,23)20-10-12-26-13-11-20/h2-9H,10-13H2,1H3,(H,19,21). The second-order valence-corrected chi connectivity index (χ2v) is 9.72. The van der Waals surface area contributed by atoms with Gasteiger partial charge in [-0.3, -0.25) is 4.79 Å². The predicted molar refractivity (Wildman–Crippen MR) is 105 cm³/mol. The molecule has 1 aliphatic rings. The summed E-state index contributed by atoms with van der Waals surface area (Å²) in [6, 6.07) is 10.7. The zero-order chi connectivity index (χ0) is 21.1. The average molecular weight is 440 g/mol. The van der Waals surface area contributed by atoms with Gasteiger partial charge in [-0.15, -0.1) is 0 Å². The normalized spacial score (nSPS) is 15.6. The molecule has 11 heteroatoms. The third-order valence-corrected chi connectivity index (χ3v) is 7.28. The van der Waals surface area contributed by atoms with E-state index in [4.69, 9.17) is 8.92 Å². The second kappa shape index (κ2) is 8.49. The zero-order valence-electron chi connectivity index (χ0n) is 15.6.